The van der Waals surface area contributed by atoms with E-state index >= 15 is 0 Å². The fourth-order valence-corrected chi connectivity index (χ4v) is 2.90. The van der Waals surface area contributed by atoms with Gasteiger partial charge in [-0.05, 0) is 50.1 Å². The smallest absolute Gasteiger partial charge is 0.130 e. The highest BCUT2D eigenvalue weighted by molar-refractivity contribution is 5.33. The molecule has 4 heteroatoms. The summed E-state index contributed by atoms with van der Waals surface area (Å²) in [5.74, 6) is 0.887. The van der Waals surface area contributed by atoms with Crippen molar-refractivity contribution >= 4 is 0 Å². The first-order valence-corrected chi connectivity index (χ1v) is 10.0. The van der Waals surface area contributed by atoms with Gasteiger partial charge in [0.2, 0.25) is 0 Å². The molecule has 0 atom stereocenters. The van der Waals surface area contributed by atoms with Gasteiger partial charge in [0, 0.05) is 24.8 Å². The molecule has 0 amide bonds. The van der Waals surface area contributed by atoms with Crippen LogP contribution in [0.4, 0.5) is 0 Å². The predicted octanol–water partition coefficient (Wildman–Crippen LogP) is 5.27. The number of pyridine rings is 1. The van der Waals surface area contributed by atoms with Crippen LogP contribution in [0.1, 0.15) is 43.2 Å². The van der Waals surface area contributed by atoms with Crippen LogP contribution in [0.15, 0.2) is 72.9 Å². The van der Waals surface area contributed by atoms with Crippen molar-refractivity contribution in [2.75, 3.05) is 0 Å². The molecule has 0 spiro atoms. The number of hydrogen-bond donors (Lipinski definition) is 1. The normalized spacial score (nSPS) is 11.4. The minimum Gasteiger partial charge on any atom is -0.487 e. The summed E-state index contributed by atoms with van der Waals surface area (Å²) in [5, 5.41) is 3.52. The van der Waals surface area contributed by atoms with E-state index in [0.717, 1.165) is 30.1 Å². The van der Waals surface area contributed by atoms with Gasteiger partial charge >= 0.3 is 0 Å². The van der Waals surface area contributed by atoms with Gasteiger partial charge in [-0.15, -0.1) is 0 Å². The van der Waals surface area contributed by atoms with Crippen molar-refractivity contribution in [2.45, 2.75) is 52.7 Å². The Morgan fingerprint density at radius 2 is 1.62 bits per heavy atom. The molecule has 1 N–H and O–H groups in total. The highest BCUT2D eigenvalue weighted by Gasteiger charge is 2.10. The molecular formula is C25H30N2O2. The van der Waals surface area contributed by atoms with Gasteiger partial charge in [0.25, 0.3) is 0 Å². The van der Waals surface area contributed by atoms with Crippen molar-refractivity contribution in [3.05, 3.63) is 95.3 Å². The lowest BCUT2D eigenvalue weighted by Crippen LogP contribution is -2.19. The van der Waals surface area contributed by atoms with Crippen LogP contribution >= 0.6 is 0 Å². The van der Waals surface area contributed by atoms with Crippen LogP contribution in [-0.4, -0.2) is 10.6 Å². The van der Waals surface area contributed by atoms with E-state index in [-0.39, 0.29) is 5.60 Å². The minimum atomic E-state index is -0.132. The molecule has 1 aromatic heterocycles. The van der Waals surface area contributed by atoms with Gasteiger partial charge in [-0.3, -0.25) is 4.98 Å². The Bertz CT molecular complexity index is 889. The zero-order valence-electron chi connectivity index (χ0n) is 17.5. The summed E-state index contributed by atoms with van der Waals surface area (Å²) in [4.78, 5) is 4.31. The van der Waals surface area contributed by atoms with Crippen LogP contribution in [-0.2, 0) is 31.0 Å². The first-order valence-electron chi connectivity index (χ1n) is 10.0. The van der Waals surface area contributed by atoms with Gasteiger partial charge in [-0.25, -0.2) is 0 Å². The van der Waals surface area contributed by atoms with Gasteiger partial charge < -0.3 is 14.8 Å². The second-order valence-electron chi connectivity index (χ2n) is 8.04. The molecule has 3 rings (SSSR count). The maximum atomic E-state index is 5.99. The first-order chi connectivity index (χ1) is 14.0. The average Bonchev–Trinajstić information content (AvgIpc) is 2.72. The van der Waals surface area contributed by atoms with Crippen LogP contribution in [0.3, 0.4) is 0 Å². The Hall–Kier alpha value is -2.69. The summed E-state index contributed by atoms with van der Waals surface area (Å²) < 4.78 is 11.9. The fourth-order valence-electron chi connectivity index (χ4n) is 2.90. The van der Waals surface area contributed by atoms with E-state index in [0.29, 0.717) is 13.2 Å². The lowest BCUT2D eigenvalue weighted by atomic mass is 10.1. The van der Waals surface area contributed by atoms with Gasteiger partial charge in [-0.2, -0.15) is 0 Å². The highest BCUT2D eigenvalue weighted by atomic mass is 16.5. The molecule has 2 aromatic carbocycles. The number of nitrogens with zero attached hydrogens (tertiary/aromatic N) is 1. The zero-order chi connectivity index (χ0) is 20.5. The standard InChI is InChI=1S/C25H30N2O2/c1-25(2,3)29-18-21-10-8-9-20(15-21)16-26-17-22-11-4-5-13-24(22)28-19-23-12-6-7-14-27-23/h4-15,26H,16-19H2,1-3H3. The van der Waals surface area contributed by atoms with Crippen LogP contribution in [0.25, 0.3) is 0 Å². The third-order valence-corrected chi connectivity index (χ3v) is 4.38. The van der Waals surface area contributed by atoms with Crippen molar-refractivity contribution < 1.29 is 9.47 Å². The van der Waals surface area contributed by atoms with E-state index in [1.807, 2.05) is 36.4 Å². The molecular weight excluding hydrogens is 360 g/mol. The van der Waals surface area contributed by atoms with Crippen molar-refractivity contribution in [1.29, 1.82) is 0 Å². The molecule has 152 valence electrons. The van der Waals surface area contributed by atoms with Crippen molar-refractivity contribution in [1.82, 2.24) is 10.3 Å². The number of benzene rings is 2. The minimum absolute atomic E-state index is 0.132. The second-order valence-corrected chi connectivity index (χ2v) is 8.04. The molecule has 0 saturated carbocycles. The summed E-state index contributed by atoms with van der Waals surface area (Å²) in [5.41, 5.74) is 4.36. The quantitative estimate of drug-likeness (QED) is 0.541. The van der Waals surface area contributed by atoms with Gasteiger partial charge in [0.1, 0.15) is 12.4 Å². The second kappa shape index (κ2) is 10.2. The van der Waals surface area contributed by atoms with E-state index in [4.69, 9.17) is 9.47 Å². The van der Waals surface area contributed by atoms with Crippen LogP contribution in [0, 0.1) is 0 Å². The molecule has 4 nitrogen and oxygen atoms in total. The van der Waals surface area contributed by atoms with Gasteiger partial charge in [-0.1, -0.05) is 48.5 Å². The molecule has 0 radical (unpaired) electrons. The lowest BCUT2D eigenvalue weighted by molar-refractivity contribution is -0.0149. The molecule has 29 heavy (non-hydrogen) atoms. The van der Waals surface area contributed by atoms with E-state index in [2.05, 4.69) is 61.4 Å². The third-order valence-electron chi connectivity index (χ3n) is 4.38. The number of nitrogens with one attached hydrogen (secondary N) is 1. The van der Waals surface area contributed by atoms with E-state index in [1.54, 1.807) is 6.20 Å². The van der Waals surface area contributed by atoms with Crippen molar-refractivity contribution in [3.63, 3.8) is 0 Å². The van der Waals surface area contributed by atoms with Crippen LogP contribution < -0.4 is 10.1 Å². The summed E-state index contributed by atoms with van der Waals surface area (Å²) in [6.07, 6.45) is 1.78. The number of rotatable bonds is 9. The SMILES string of the molecule is CC(C)(C)OCc1cccc(CNCc2ccccc2OCc2ccccn2)c1. The van der Waals surface area contributed by atoms with Crippen LogP contribution in [0.5, 0.6) is 5.75 Å². The number of para-hydroxylation sites is 1. The maximum absolute atomic E-state index is 5.99. The largest absolute Gasteiger partial charge is 0.487 e. The lowest BCUT2D eigenvalue weighted by Gasteiger charge is -2.19. The van der Waals surface area contributed by atoms with Gasteiger partial charge in [0.05, 0.1) is 17.9 Å². The molecule has 0 aliphatic carbocycles. The molecule has 3 aromatic rings. The first kappa shape index (κ1) is 21.0. The molecule has 0 fully saturated rings. The monoisotopic (exact) mass is 390 g/mol. The Morgan fingerprint density at radius 1 is 0.828 bits per heavy atom. The predicted molar refractivity (Wildman–Crippen MR) is 117 cm³/mol. The molecule has 0 saturated heterocycles. The Kier molecular flexibility index (Phi) is 7.39. The summed E-state index contributed by atoms with van der Waals surface area (Å²) in [6, 6.07) is 22.5. The molecule has 0 aliphatic heterocycles. The van der Waals surface area contributed by atoms with Crippen molar-refractivity contribution in [3.8, 4) is 5.75 Å². The Balaban J connectivity index is 1.53. The Morgan fingerprint density at radius 3 is 2.41 bits per heavy atom. The van der Waals surface area contributed by atoms with E-state index < -0.39 is 0 Å². The molecule has 0 bridgehead atoms. The van der Waals surface area contributed by atoms with E-state index in [9.17, 15) is 0 Å². The Labute approximate surface area is 173 Å². The summed E-state index contributed by atoms with van der Waals surface area (Å²) >= 11 is 0. The topological polar surface area (TPSA) is 43.4 Å². The molecule has 0 unspecified atom stereocenters. The number of ether oxygens (including phenoxy) is 2. The number of aromatic nitrogens is 1. The fraction of sp³-hybridized carbons (Fsp3) is 0.320. The summed E-state index contributed by atoms with van der Waals surface area (Å²) in [6.45, 7) is 8.84. The van der Waals surface area contributed by atoms with Crippen LogP contribution in [0.2, 0.25) is 0 Å². The van der Waals surface area contributed by atoms with Gasteiger partial charge in [0.15, 0.2) is 0 Å². The summed E-state index contributed by atoms with van der Waals surface area (Å²) in [7, 11) is 0. The highest BCUT2D eigenvalue weighted by Crippen LogP contribution is 2.19. The number of hydrogen-bond acceptors (Lipinski definition) is 4. The average molecular weight is 391 g/mol. The third kappa shape index (κ3) is 7.33. The zero-order valence-corrected chi connectivity index (χ0v) is 17.5. The van der Waals surface area contributed by atoms with E-state index in [1.165, 1.54) is 11.1 Å². The molecule has 1 heterocycles. The maximum Gasteiger partial charge on any atom is 0.130 e. The van der Waals surface area contributed by atoms with Crippen molar-refractivity contribution in [2.24, 2.45) is 0 Å². The molecule has 0 aliphatic rings.